The molecule has 0 radical (unpaired) electrons. The van der Waals surface area contributed by atoms with E-state index in [0.29, 0.717) is 67.9 Å². The number of benzene rings is 1. The van der Waals surface area contributed by atoms with Gasteiger partial charge in [0.2, 0.25) is 35.4 Å². The number of nitrogens with two attached hydrogens (primary N) is 3. The van der Waals surface area contributed by atoms with Crippen molar-refractivity contribution in [3.63, 3.8) is 0 Å². The first-order chi connectivity index (χ1) is 25.4. The van der Waals surface area contributed by atoms with Gasteiger partial charge in [0.05, 0.1) is 6.04 Å². The highest BCUT2D eigenvalue weighted by molar-refractivity contribution is 7.98. The number of primary amides is 1. The third kappa shape index (κ3) is 16.0. The van der Waals surface area contributed by atoms with Crippen molar-refractivity contribution in [2.45, 2.75) is 94.0 Å². The van der Waals surface area contributed by atoms with Crippen LogP contribution in [0.2, 0.25) is 0 Å². The molecule has 0 aromatic heterocycles. The van der Waals surface area contributed by atoms with Gasteiger partial charge in [-0.3, -0.25) is 28.8 Å². The largest absolute Gasteiger partial charge is 0.508 e. The van der Waals surface area contributed by atoms with Gasteiger partial charge < -0.3 is 48.5 Å². The van der Waals surface area contributed by atoms with Crippen molar-refractivity contribution in [1.82, 2.24) is 26.2 Å². The van der Waals surface area contributed by atoms with Crippen LogP contribution in [0.4, 0.5) is 0 Å². The van der Waals surface area contributed by atoms with Gasteiger partial charge in [-0.25, -0.2) is 0 Å². The molecule has 15 nitrogen and oxygen atoms in total. The summed E-state index contributed by atoms with van der Waals surface area (Å²) in [4.78, 5) is 81.8. The van der Waals surface area contributed by atoms with Crippen molar-refractivity contribution in [2.24, 2.45) is 17.2 Å². The van der Waals surface area contributed by atoms with Gasteiger partial charge in [0.25, 0.3) is 0 Å². The molecule has 11 N–H and O–H groups in total. The number of hydrogen-bond acceptors (Lipinski definition) is 12. The molecule has 298 valence electrons. The van der Waals surface area contributed by atoms with Gasteiger partial charge in [0.1, 0.15) is 36.0 Å². The lowest BCUT2D eigenvalue weighted by molar-refractivity contribution is -0.142. The van der Waals surface area contributed by atoms with E-state index in [9.17, 15) is 33.9 Å². The highest BCUT2D eigenvalue weighted by atomic mass is 32.2. The molecule has 1 heterocycles. The Bertz CT molecular complexity index is 1340. The number of likely N-dealkylation sites (tertiary alicyclic amines) is 1. The van der Waals surface area contributed by atoms with Gasteiger partial charge in [0, 0.05) is 13.0 Å². The molecule has 0 spiro atoms. The Morgan fingerprint density at radius 2 is 1.34 bits per heavy atom. The average Bonchev–Trinajstić information content (AvgIpc) is 3.64. The Kier molecular flexibility index (Phi) is 21.7. The second kappa shape index (κ2) is 25.0. The van der Waals surface area contributed by atoms with Crippen LogP contribution in [-0.4, -0.2) is 131 Å². The van der Waals surface area contributed by atoms with Crippen LogP contribution in [0.5, 0.6) is 5.75 Å². The van der Waals surface area contributed by atoms with Crippen molar-refractivity contribution >= 4 is 70.7 Å². The number of amides is 6. The third-order valence-electron chi connectivity index (χ3n) is 8.89. The summed E-state index contributed by atoms with van der Waals surface area (Å²) in [6, 6.07) is 0.420. The average molecular weight is 799 g/mol. The second-order valence-corrected chi connectivity index (χ2v) is 15.9. The smallest absolute Gasteiger partial charge is 0.245 e. The highest BCUT2D eigenvalue weighted by Crippen LogP contribution is 2.21. The molecule has 0 bridgehead atoms. The predicted octanol–water partition coefficient (Wildman–Crippen LogP) is 0.0658. The highest BCUT2D eigenvalue weighted by Gasteiger charge is 2.39. The van der Waals surface area contributed by atoms with Crippen LogP contribution < -0.4 is 38.5 Å². The fourth-order valence-corrected chi connectivity index (χ4v) is 7.26. The maximum Gasteiger partial charge on any atom is 0.245 e. The molecule has 0 aliphatic carbocycles. The molecule has 1 aliphatic rings. The summed E-state index contributed by atoms with van der Waals surface area (Å²) in [5, 5.41) is 20.9. The lowest BCUT2D eigenvalue weighted by Crippen LogP contribution is -2.59. The van der Waals surface area contributed by atoms with E-state index in [2.05, 4.69) is 21.3 Å². The molecule has 1 aliphatic heterocycles. The SMILES string of the molecule is CSCC[C@H](NC(=O)[C@@H]1CCCN1C(=O)[C@H](CCSC)NC(=O)[C@H](Cc1ccc(O)cc1)NC(=O)[C@H](CCCCN)NC(=O)[C@@H](N)CCSC)C(N)=O. The van der Waals surface area contributed by atoms with E-state index in [1.54, 1.807) is 23.9 Å². The Balaban J connectivity index is 2.34. The van der Waals surface area contributed by atoms with Crippen LogP contribution in [-0.2, 0) is 35.2 Å². The molecule has 1 saturated heterocycles. The lowest BCUT2D eigenvalue weighted by atomic mass is 10.0. The monoisotopic (exact) mass is 798 g/mol. The molecule has 1 aromatic carbocycles. The minimum absolute atomic E-state index is 0.0112. The Morgan fingerprint density at radius 3 is 1.94 bits per heavy atom. The normalized spacial score (nSPS) is 16.8. The topological polar surface area (TPSA) is 252 Å². The van der Waals surface area contributed by atoms with Crippen molar-refractivity contribution in [2.75, 3.05) is 49.1 Å². The van der Waals surface area contributed by atoms with Crippen LogP contribution in [0, 0.1) is 0 Å². The summed E-state index contributed by atoms with van der Waals surface area (Å²) in [5.74, 6) is -1.49. The van der Waals surface area contributed by atoms with Gasteiger partial charge in [-0.05, 0) is 112 Å². The Morgan fingerprint density at radius 1 is 0.774 bits per heavy atom. The predicted molar refractivity (Wildman–Crippen MR) is 213 cm³/mol. The third-order valence-corrected chi connectivity index (χ3v) is 10.8. The molecule has 18 heteroatoms. The van der Waals surface area contributed by atoms with E-state index in [0.717, 1.165) is 0 Å². The summed E-state index contributed by atoms with van der Waals surface area (Å²) in [7, 11) is 0. The Hall–Kier alpha value is -3.19. The van der Waals surface area contributed by atoms with Gasteiger partial charge in [-0.15, -0.1) is 0 Å². The number of phenols is 1. The van der Waals surface area contributed by atoms with E-state index in [4.69, 9.17) is 17.2 Å². The number of hydrogen-bond donors (Lipinski definition) is 8. The van der Waals surface area contributed by atoms with Crippen LogP contribution >= 0.6 is 35.3 Å². The van der Waals surface area contributed by atoms with Crippen LogP contribution in [0.1, 0.15) is 56.9 Å². The van der Waals surface area contributed by atoms with Crippen LogP contribution in [0.15, 0.2) is 24.3 Å². The first-order valence-electron chi connectivity index (χ1n) is 17.9. The minimum atomic E-state index is -1.18. The number of thioether (sulfide) groups is 3. The van der Waals surface area contributed by atoms with Gasteiger partial charge >= 0.3 is 0 Å². The molecular weight excluding hydrogens is 741 g/mol. The summed E-state index contributed by atoms with van der Waals surface area (Å²) in [5.41, 5.74) is 17.9. The van der Waals surface area contributed by atoms with E-state index >= 15 is 0 Å². The first-order valence-corrected chi connectivity index (χ1v) is 22.1. The molecule has 2 rings (SSSR count). The maximum atomic E-state index is 14.1. The zero-order valence-electron chi connectivity index (χ0n) is 31.0. The van der Waals surface area contributed by atoms with Crippen molar-refractivity contribution in [3.05, 3.63) is 29.8 Å². The number of unbranched alkanes of at least 4 members (excludes halogenated alkanes) is 1. The summed E-state index contributed by atoms with van der Waals surface area (Å²) in [6.45, 7) is 0.682. The summed E-state index contributed by atoms with van der Waals surface area (Å²) in [6.07, 6.45) is 9.04. The lowest BCUT2D eigenvalue weighted by Gasteiger charge is -2.31. The molecule has 0 saturated carbocycles. The maximum absolute atomic E-state index is 14.1. The van der Waals surface area contributed by atoms with Gasteiger partial charge in [0.15, 0.2) is 0 Å². The van der Waals surface area contributed by atoms with Crippen molar-refractivity contribution < 1.29 is 33.9 Å². The van der Waals surface area contributed by atoms with E-state index in [1.807, 2.05) is 18.8 Å². The summed E-state index contributed by atoms with van der Waals surface area (Å²) < 4.78 is 0. The molecule has 53 heavy (non-hydrogen) atoms. The molecular formula is C35H58N8O7S3. The zero-order valence-corrected chi connectivity index (χ0v) is 33.4. The van der Waals surface area contributed by atoms with E-state index in [-0.39, 0.29) is 31.6 Å². The first kappa shape index (κ1) is 46.0. The molecule has 1 fully saturated rings. The number of carbonyl (C=O) groups excluding carboxylic acids is 6. The fourth-order valence-electron chi connectivity index (χ4n) is 5.82. The van der Waals surface area contributed by atoms with Crippen LogP contribution in [0.25, 0.3) is 0 Å². The summed E-state index contributed by atoms with van der Waals surface area (Å²) >= 11 is 4.55. The number of carbonyl (C=O) groups is 6. The molecule has 6 amide bonds. The van der Waals surface area contributed by atoms with Crippen LogP contribution in [0.3, 0.4) is 0 Å². The quantitative estimate of drug-likeness (QED) is 0.0612. The molecule has 6 atom stereocenters. The number of nitrogens with zero attached hydrogens (tertiary/aromatic N) is 1. The van der Waals surface area contributed by atoms with E-state index < -0.39 is 71.7 Å². The van der Waals surface area contributed by atoms with E-state index in [1.165, 1.54) is 40.6 Å². The molecule has 0 unspecified atom stereocenters. The van der Waals surface area contributed by atoms with Gasteiger partial charge in [-0.1, -0.05) is 12.1 Å². The number of rotatable bonds is 25. The molecule has 1 aromatic rings. The fraction of sp³-hybridized carbons (Fsp3) is 0.657. The minimum Gasteiger partial charge on any atom is -0.508 e. The van der Waals surface area contributed by atoms with Gasteiger partial charge in [-0.2, -0.15) is 35.3 Å². The standard InChI is InChI=1S/C35H58N8O7S3/c1-51-18-13-24(37)31(46)40-26(7-4-5-16-36)32(47)42-28(21-22-9-11-23(44)12-10-22)33(48)41-27(15-20-53-3)35(50)43-17-6-8-29(43)34(49)39-25(30(38)45)14-19-52-2/h9-12,24-29,44H,4-8,13-21,36-37H2,1-3H3,(H2,38,45)(H,39,49)(H,40,46)(H,41,48)(H,42,47)/t24-,25-,26-,27-,28-,29-/m0/s1. The van der Waals surface area contributed by atoms with Crippen molar-refractivity contribution in [1.29, 1.82) is 0 Å². The number of nitrogens with one attached hydrogen (secondary N) is 4. The number of aromatic hydroxyl groups is 1. The second-order valence-electron chi connectivity index (χ2n) is 12.9. The van der Waals surface area contributed by atoms with Crippen molar-refractivity contribution in [3.8, 4) is 5.75 Å². The number of phenolic OH excluding ortho intramolecular Hbond substituents is 1. The Labute approximate surface area is 325 Å². The zero-order chi connectivity index (χ0) is 39.3.